The van der Waals surface area contributed by atoms with Crippen molar-refractivity contribution in [3.8, 4) is 0 Å². The van der Waals surface area contributed by atoms with Crippen molar-refractivity contribution in [1.29, 1.82) is 5.41 Å². The van der Waals surface area contributed by atoms with Crippen LogP contribution in [-0.2, 0) is 6.54 Å². The Bertz CT molecular complexity index is 539. The zero-order chi connectivity index (χ0) is 13.0. The van der Waals surface area contributed by atoms with Gasteiger partial charge in [0.15, 0.2) is 0 Å². The summed E-state index contributed by atoms with van der Waals surface area (Å²) in [5.41, 5.74) is 6.95. The van der Waals surface area contributed by atoms with Gasteiger partial charge in [-0.15, -0.1) is 0 Å². The highest BCUT2D eigenvalue weighted by molar-refractivity contribution is 5.93. The highest BCUT2D eigenvalue weighted by Crippen LogP contribution is 2.09. The molecule has 3 N–H and O–H groups in total. The zero-order valence-electron chi connectivity index (χ0n) is 10.0. The van der Waals surface area contributed by atoms with Gasteiger partial charge in [0.25, 0.3) is 0 Å². The van der Waals surface area contributed by atoms with Crippen LogP contribution in [0.25, 0.3) is 0 Å². The Balaban J connectivity index is 2.16. The zero-order valence-corrected chi connectivity index (χ0v) is 10.0. The molecule has 0 saturated carbocycles. The Labute approximate surface area is 105 Å². The highest BCUT2D eigenvalue weighted by atomic mass is 15.2. The first-order chi connectivity index (χ1) is 8.66. The van der Waals surface area contributed by atoms with Crippen LogP contribution in [0.15, 0.2) is 36.8 Å². The molecule has 2 aromatic heterocycles. The Morgan fingerprint density at radius 3 is 2.67 bits per heavy atom. The molecule has 0 amide bonds. The van der Waals surface area contributed by atoms with Gasteiger partial charge < -0.3 is 10.6 Å². The number of aromatic nitrogens is 3. The standard InChI is InChI=1S/C12H14N6/c1-18(8-9-2-5-15-6-3-9)12-16-7-4-10(17-12)11(13)14/h2-7H,8H2,1H3,(H3,13,14). The molecule has 6 heteroatoms. The summed E-state index contributed by atoms with van der Waals surface area (Å²) in [7, 11) is 1.89. The summed E-state index contributed by atoms with van der Waals surface area (Å²) in [6.45, 7) is 0.671. The summed E-state index contributed by atoms with van der Waals surface area (Å²) in [6, 6.07) is 5.49. The minimum Gasteiger partial charge on any atom is -0.382 e. The maximum Gasteiger partial charge on any atom is 0.226 e. The van der Waals surface area contributed by atoms with Crippen molar-refractivity contribution in [3.05, 3.63) is 48.0 Å². The van der Waals surface area contributed by atoms with E-state index in [0.29, 0.717) is 18.2 Å². The SMILES string of the molecule is CN(Cc1ccncc1)c1nccc(C(=N)N)n1. The van der Waals surface area contributed by atoms with E-state index >= 15 is 0 Å². The summed E-state index contributed by atoms with van der Waals surface area (Å²) in [5.74, 6) is 0.482. The molecule has 0 aliphatic rings. The average molecular weight is 242 g/mol. The number of nitrogen functional groups attached to an aromatic ring is 1. The van der Waals surface area contributed by atoms with Crippen molar-refractivity contribution >= 4 is 11.8 Å². The van der Waals surface area contributed by atoms with Crippen LogP contribution in [0.4, 0.5) is 5.95 Å². The number of rotatable bonds is 4. The van der Waals surface area contributed by atoms with E-state index in [0.717, 1.165) is 5.56 Å². The third kappa shape index (κ3) is 2.79. The molecule has 0 aliphatic carbocycles. The molecule has 0 unspecified atom stereocenters. The van der Waals surface area contributed by atoms with Gasteiger partial charge >= 0.3 is 0 Å². The number of pyridine rings is 1. The van der Waals surface area contributed by atoms with Gasteiger partial charge in [0, 0.05) is 32.2 Å². The number of nitrogens with zero attached hydrogens (tertiary/aromatic N) is 4. The van der Waals surface area contributed by atoms with Crippen molar-refractivity contribution in [2.75, 3.05) is 11.9 Å². The summed E-state index contributed by atoms with van der Waals surface area (Å²) in [4.78, 5) is 14.2. The van der Waals surface area contributed by atoms with Gasteiger partial charge in [-0.05, 0) is 23.8 Å². The molecule has 0 spiro atoms. The van der Waals surface area contributed by atoms with E-state index in [2.05, 4.69) is 15.0 Å². The van der Waals surface area contributed by atoms with Gasteiger partial charge in [0.05, 0.1) is 0 Å². The van der Waals surface area contributed by atoms with E-state index in [1.165, 1.54) is 0 Å². The molecule has 0 aromatic carbocycles. The molecule has 0 radical (unpaired) electrons. The number of nitrogens with two attached hydrogens (primary N) is 1. The number of nitrogens with one attached hydrogen (secondary N) is 1. The Morgan fingerprint density at radius 2 is 2.00 bits per heavy atom. The minimum atomic E-state index is -0.0593. The van der Waals surface area contributed by atoms with E-state index in [1.807, 2.05) is 24.1 Å². The molecular weight excluding hydrogens is 228 g/mol. The number of amidine groups is 1. The maximum atomic E-state index is 7.35. The monoisotopic (exact) mass is 242 g/mol. The van der Waals surface area contributed by atoms with Gasteiger partial charge in [0.1, 0.15) is 11.5 Å². The summed E-state index contributed by atoms with van der Waals surface area (Å²) in [5, 5.41) is 7.35. The second-order valence-corrected chi connectivity index (χ2v) is 3.87. The first-order valence-electron chi connectivity index (χ1n) is 5.44. The van der Waals surface area contributed by atoms with Crippen LogP contribution in [-0.4, -0.2) is 27.8 Å². The van der Waals surface area contributed by atoms with Crippen molar-refractivity contribution in [3.63, 3.8) is 0 Å². The fourth-order valence-corrected chi connectivity index (χ4v) is 1.52. The van der Waals surface area contributed by atoms with Gasteiger partial charge in [0.2, 0.25) is 5.95 Å². The van der Waals surface area contributed by atoms with Crippen molar-refractivity contribution in [1.82, 2.24) is 15.0 Å². The van der Waals surface area contributed by atoms with Crippen LogP contribution in [0.5, 0.6) is 0 Å². The lowest BCUT2D eigenvalue weighted by atomic mass is 10.2. The lowest BCUT2D eigenvalue weighted by molar-refractivity contribution is 0.862. The number of anilines is 1. The first-order valence-corrected chi connectivity index (χ1v) is 5.44. The van der Waals surface area contributed by atoms with Crippen LogP contribution in [0.2, 0.25) is 0 Å². The maximum absolute atomic E-state index is 7.35. The smallest absolute Gasteiger partial charge is 0.226 e. The normalized spacial score (nSPS) is 10.1. The van der Waals surface area contributed by atoms with Crippen LogP contribution in [0.3, 0.4) is 0 Å². The largest absolute Gasteiger partial charge is 0.382 e. The average Bonchev–Trinajstić information content (AvgIpc) is 2.40. The van der Waals surface area contributed by atoms with Gasteiger partial charge in [-0.25, -0.2) is 9.97 Å². The van der Waals surface area contributed by atoms with E-state index in [4.69, 9.17) is 11.1 Å². The quantitative estimate of drug-likeness (QED) is 0.611. The predicted octanol–water partition coefficient (Wildman–Crippen LogP) is 0.792. The summed E-state index contributed by atoms with van der Waals surface area (Å²) >= 11 is 0. The van der Waals surface area contributed by atoms with Crippen molar-refractivity contribution < 1.29 is 0 Å². The van der Waals surface area contributed by atoms with E-state index < -0.39 is 0 Å². The van der Waals surface area contributed by atoms with Crippen LogP contribution in [0.1, 0.15) is 11.3 Å². The van der Waals surface area contributed by atoms with E-state index in [-0.39, 0.29) is 5.84 Å². The molecule has 6 nitrogen and oxygen atoms in total. The first kappa shape index (κ1) is 12.0. The summed E-state index contributed by atoms with van der Waals surface area (Å²) < 4.78 is 0. The number of hydrogen-bond donors (Lipinski definition) is 2. The lowest BCUT2D eigenvalue weighted by Gasteiger charge is -2.17. The van der Waals surface area contributed by atoms with Gasteiger partial charge in [-0.1, -0.05) is 0 Å². The molecule has 18 heavy (non-hydrogen) atoms. The molecule has 2 heterocycles. The second kappa shape index (κ2) is 5.22. The fourth-order valence-electron chi connectivity index (χ4n) is 1.52. The summed E-state index contributed by atoms with van der Waals surface area (Å²) in [6.07, 6.45) is 5.09. The highest BCUT2D eigenvalue weighted by Gasteiger charge is 2.07. The third-order valence-electron chi connectivity index (χ3n) is 2.43. The molecule has 2 aromatic rings. The lowest BCUT2D eigenvalue weighted by Crippen LogP contribution is -2.21. The van der Waals surface area contributed by atoms with Gasteiger partial charge in [-0.3, -0.25) is 10.4 Å². The van der Waals surface area contributed by atoms with E-state index in [1.54, 1.807) is 24.7 Å². The van der Waals surface area contributed by atoms with Crippen LogP contribution in [0, 0.1) is 5.41 Å². The molecule has 0 bridgehead atoms. The predicted molar refractivity (Wildman–Crippen MR) is 69.4 cm³/mol. The van der Waals surface area contributed by atoms with Crippen molar-refractivity contribution in [2.45, 2.75) is 6.54 Å². The molecule has 0 saturated heterocycles. The fraction of sp³-hybridized carbons (Fsp3) is 0.167. The Kier molecular flexibility index (Phi) is 3.47. The van der Waals surface area contributed by atoms with Crippen molar-refractivity contribution in [2.24, 2.45) is 5.73 Å². The number of hydrogen-bond acceptors (Lipinski definition) is 5. The molecule has 0 atom stereocenters. The molecule has 0 aliphatic heterocycles. The topological polar surface area (TPSA) is 91.8 Å². The minimum absolute atomic E-state index is 0.0593. The van der Waals surface area contributed by atoms with Gasteiger partial charge in [-0.2, -0.15) is 0 Å². The van der Waals surface area contributed by atoms with Crippen LogP contribution < -0.4 is 10.6 Å². The molecule has 92 valence electrons. The Morgan fingerprint density at radius 1 is 1.28 bits per heavy atom. The molecule has 0 fully saturated rings. The second-order valence-electron chi connectivity index (χ2n) is 3.87. The third-order valence-corrected chi connectivity index (χ3v) is 2.43. The molecule has 2 rings (SSSR count). The van der Waals surface area contributed by atoms with Crippen LogP contribution >= 0.6 is 0 Å². The van der Waals surface area contributed by atoms with E-state index in [9.17, 15) is 0 Å². The Hall–Kier alpha value is -2.50. The molecular formula is C12H14N6.